The highest BCUT2D eigenvalue weighted by Crippen LogP contribution is 2.33. The van der Waals surface area contributed by atoms with E-state index >= 15 is 0 Å². The summed E-state index contributed by atoms with van der Waals surface area (Å²) in [5.41, 5.74) is 0. The van der Waals surface area contributed by atoms with Crippen molar-refractivity contribution in [3.63, 3.8) is 0 Å². The van der Waals surface area contributed by atoms with Crippen LogP contribution in [0.4, 0.5) is 0 Å². The molecule has 1 amide bonds. The maximum Gasteiger partial charge on any atom is 0.302 e. The molecule has 1 rings (SSSR count). The first-order valence-electron chi connectivity index (χ1n) is 5.99. The predicted octanol–water partition coefficient (Wildman–Crippen LogP) is 1.84. The summed E-state index contributed by atoms with van der Waals surface area (Å²) in [7, 11) is 1.81. The third-order valence-corrected chi connectivity index (χ3v) is 5.75. The van der Waals surface area contributed by atoms with Crippen LogP contribution >= 0.6 is 23.5 Å². The quantitative estimate of drug-likeness (QED) is 0.571. The number of hydrogen-bond donors (Lipinski definition) is 0. The molecule has 1 fully saturated rings. The monoisotopic (exact) mass is 291 g/mol. The van der Waals surface area contributed by atoms with E-state index in [-0.39, 0.29) is 28.5 Å². The number of hydrogen-bond acceptors (Lipinski definition) is 5. The van der Waals surface area contributed by atoms with Crippen molar-refractivity contribution in [3.05, 3.63) is 0 Å². The van der Waals surface area contributed by atoms with Gasteiger partial charge in [0.1, 0.15) is 6.10 Å². The van der Waals surface area contributed by atoms with E-state index in [0.717, 1.165) is 19.4 Å². The highest BCUT2D eigenvalue weighted by atomic mass is 32.2. The largest absolute Gasteiger partial charge is 0.460 e. The van der Waals surface area contributed by atoms with Crippen molar-refractivity contribution in [1.29, 1.82) is 0 Å². The van der Waals surface area contributed by atoms with Crippen LogP contribution in [0.1, 0.15) is 19.8 Å². The summed E-state index contributed by atoms with van der Waals surface area (Å²) >= 11 is 3.26. The Morgan fingerprint density at radius 3 is 2.56 bits per heavy atom. The molecule has 4 nitrogen and oxygen atoms in total. The number of carbonyl (C=O) groups is 2. The fourth-order valence-electron chi connectivity index (χ4n) is 2.25. The molecule has 0 radical (unpaired) electrons. The van der Waals surface area contributed by atoms with Gasteiger partial charge in [-0.05, 0) is 25.4 Å². The van der Waals surface area contributed by atoms with Crippen LogP contribution < -0.4 is 0 Å². The molecule has 1 aliphatic rings. The van der Waals surface area contributed by atoms with Gasteiger partial charge in [-0.2, -0.15) is 0 Å². The summed E-state index contributed by atoms with van der Waals surface area (Å²) in [6.07, 6.45) is 5.41. The maximum absolute atomic E-state index is 12.2. The number of esters is 1. The van der Waals surface area contributed by atoms with Crippen molar-refractivity contribution >= 4 is 35.4 Å². The number of piperidine rings is 1. The normalized spacial score (nSPS) is 22.2. The second kappa shape index (κ2) is 7.28. The van der Waals surface area contributed by atoms with Crippen LogP contribution in [-0.4, -0.2) is 53.6 Å². The second-order valence-corrected chi connectivity index (χ2v) is 6.68. The van der Waals surface area contributed by atoms with Crippen molar-refractivity contribution < 1.29 is 14.3 Å². The fourth-order valence-corrected chi connectivity index (χ4v) is 4.05. The Kier molecular flexibility index (Phi) is 6.35. The Labute approximate surface area is 117 Å². The van der Waals surface area contributed by atoms with Crippen LogP contribution in [0.2, 0.25) is 0 Å². The minimum atomic E-state index is -0.331. The summed E-state index contributed by atoms with van der Waals surface area (Å²) in [5.74, 6) is -0.410. The van der Waals surface area contributed by atoms with E-state index in [1.807, 2.05) is 19.6 Å². The zero-order valence-electron chi connectivity index (χ0n) is 11.3. The molecule has 2 atom stereocenters. The zero-order chi connectivity index (χ0) is 13.7. The second-order valence-electron chi connectivity index (χ2n) is 4.42. The Hall–Kier alpha value is -0.360. The minimum Gasteiger partial charge on any atom is -0.460 e. The summed E-state index contributed by atoms with van der Waals surface area (Å²) in [4.78, 5) is 25.2. The molecule has 104 valence electrons. The fraction of sp³-hybridized carbons (Fsp3) is 0.833. The van der Waals surface area contributed by atoms with E-state index in [1.165, 1.54) is 6.92 Å². The van der Waals surface area contributed by atoms with Crippen LogP contribution in [0, 0.1) is 5.92 Å². The van der Waals surface area contributed by atoms with Gasteiger partial charge < -0.3 is 9.64 Å². The smallest absolute Gasteiger partial charge is 0.302 e. The van der Waals surface area contributed by atoms with Gasteiger partial charge >= 0.3 is 5.97 Å². The Morgan fingerprint density at radius 2 is 2.06 bits per heavy atom. The lowest BCUT2D eigenvalue weighted by atomic mass is 9.92. The van der Waals surface area contributed by atoms with Gasteiger partial charge in [-0.15, -0.1) is 23.5 Å². The van der Waals surface area contributed by atoms with Gasteiger partial charge in [-0.3, -0.25) is 9.59 Å². The van der Waals surface area contributed by atoms with E-state index in [0.29, 0.717) is 0 Å². The molecular weight excluding hydrogens is 270 g/mol. The van der Waals surface area contributed by atoms with Crippen LogP contribution in [0.25, 0.3) is 0 Å². The summed E-state index contributed by atoms with van der Waals surface area (Å²) in [5, 5.41) is 0. The van der Waals surface area contributed by atoms with Gasteiger partial charge in [0.15, 0.2) is 0 Å². The molecule has 18 heavy (non-hydrogen) atoms. The third-order valence-electron chi connectivity index (χ3n) is 3.13. The molecule has 0 aromatic heterocycles. The van der Waals surface area contributed by atoms with E-state index in [9.17, 15) is 9.59 Å². The first kappa shape index (κ1) is 15.7. The molecule has 1 saturated heterocycles. The Balaban J connectivity index is 2.86. The maximum atomic E-state index is 12.2. The van der Waals surface area contributed by atoms with Crippen LogP contribution in [-0.2, 0) is 14.3 Å². The summed E-state index contributed by atoms with van der Waals surface area (Å²) < 4.78 is 5.53. The molecule has 0 N–H and O–H groups in total. The summed E-state index contributed by atoms with van der Waals surface area (Å²) in [6, 6.07) is 0. The van der Waals surface area contributed by atoms with Gasteiger partial charge in [0.25, 0.3) is 0 Å². The number of ether oxygens (including phenoxy) is 1. The van der Waals surface area contributed by atoms with Crippen LogP contribution in [0.15, 0.2) is 0 Å². The molecule has 1 heterocycles. The molecule has 0 aromatic rings. The highest BCUT2D eigenvalue weighted by molar-refractivity contribution is 8.16. The first-order valence-corrected chi connectivity index (χ1v) is 8.56. The molecule has 2 unspecified atom stereocenters. The predicted molar refractivity (Wildman–Crippen MR) is 76.7 cm³/mol. The van der Waals surface area contributed by atoms with Gasteiger partial charge in [0, 0.05) is 20.5 Å². The van der Waals surface area contributed by atoms with Gasteiger partial charge in [0.05, 0.1) is 10.5 Å². The zero-order valence-corrected chi connectivity index (χ0v) is 13.0. The number of amides is 1. The molecule has 0 spiro atoms. The highest BCUT2D eigenvalue weighted by Gasteiger charge is 2.39. The average Bonchev–Trinajstić information content (AvgIpc) is 2.32. The van der Waals surface area contributed by atoms with Crippen molar-refractivity contribution in [2.24, 2.45) is 5.92 Å². The number of carbonyl (C=O) groups excluding carboxylic acids is 2. The van der Waals surface area contributed by atoms with E-state index in [2.05, 4.69) is 0 Å². The van der Waals surface area contributed by atoms with Crippen LogP contribution in [0.5, 0.6) is 0 Å². The Morgan fingerprint density at radius 1 is 1.44 bits per heavy atom. The molecule has 0 bridgehead atoms. The van der Waals surface area contributed by atoms with Gasteiger partial charge in [-0.25, -0.2) is 0 Å². The summed E-state index contributed by atoms with van der Waals surface area (Å²) in [6.45, 7) is 2.20. The number of likely N-dealkylation sites (tertiary alicyclic amines) is 1. The van der Waals surface area contributed by atoms with E-state index in [4.69, 9.17) is 4.74 Å². The molecule has 0 saturated carbocycles. The van der Waals surface area contributed by atoms with Crippen LogP contribution in [0.3, 0.4) is 0 Å². The number of thioether (sulfide) groups is 2. The van der Waals surface area contributed by atoms with Crippen molar-refractivity contribution in [1.82, 2.24) is 4.90 Å². The molecule has 1 aliphatic heterocycles. The van der Waals surface area contributed by atoms with Crippen molar-refractivity contribution in [2.75, 3.05) is 26.1 Å². The Bertz CT molecular complexity index is 308. The van der Waals surface area contributed by atoms with Crippen molar-refractivity contribution in [3.8, 4) is 0 Å². The molecule has 0 aromatic carbocycles. The lowest BCUT2D eigenvalue weighted by Crippen LogP contribution is -2.47. The lowest BCUT2D eigenvalue weighted by molar-refractivity contribution is -0.154. The number of nitrogens with zero attached hydrogens (tertiary/aromatic N) is 1. The SMILES string of the molecule is CSC(SC)C(OC(C)=O)C1CCCN(C)C1=O. The minimum absolute atomic E-state index is 0.0978. The average molecular weight is 291 g/mol. The van der Waals surface area contributed by atoms with E-state index in [1.54, 1.807) is 28.4 Å². The standard InChI is InChI=1S/C12H21NO3S2/c1-8(14)16-10(12(17-3)18-4)9-6-5-7-13(2)11(9)15/h9-10,12H,5-7H2,1-4H3. The van der Waals surface area contributed by atoms with Gasteiger partial charge in [-0.1, -0.05) is 0 Å². The third kappa shape index (κ3) is 3.82. The van der Waals surface area contributed by atoms with Crippen molar-refractivity contribution in [2.45, 2.75) is 30.5 Å². The lowest BCUT2D eigenvalue weighted by Gasteiger charge is -2.36. The van der Waals surface area contributed by atoms with Gasteiger partial charge in [0.2, 0.25) is 5.91 Å². The van der Waals surface area contributed by atoms with E-state index < -0.39 is 0 Å². The molecule has 6 heteroatoms. The molecular formula is C12H21NO3S2. The number of rotatable bonds is 5. The molecule has 0 aliphatic carbocycles. The topological polar surface area (TPSA) is 46.6 Å². The first-order chi connectivity index (χ1) is 8.51.